The van der Waals surface area contributed by atoms with Crippen LogP contribution in [-0.2, 0) is 0 Å². The summed E-state index contributed by atoms with van der Waals surface area (Å²) in [6.07, 6.45) is 4.40. The SMILES string of the molecule is CC(C)N1CCN2c3ncc(N4CCC4)cc3OCC[C@H]2C1. The topological polar surface area (TPSA) is 31.8 Å². The lowest BCUT2D eigenvalue weighted by atomic mass is 10.1. The molecule has 5 nitrogen and oxygen atoms in total. The number of nitrogens with zero attached hydrogens (tertiary/aromatic N) is 4. The highest BCUT2D eigenvalue weighted by Gasteiger charge is 2.33. The van der Waals surface area contributed by atoms with E-state index in [2.05, 4.69) is 34.6 Å². The van der Waals surface area contributed by atoms with Crippen LogP contribution in [0.3, 0.4) is 0 Å². The van der Waals surface area contributed by atoms with E-state index in [9.17, 15) is 0 Å². The predicted octanol–water partition coefficient (Wildman–Crippen LogP) is 1.97. The molecule has 0 saturated carbocycles. The lowest BCUT2D eigenvalue weighted by molar-refractivity contribution is 0.172. The fourth-order valence-electron chi connectivity index (χ4n) is 3.68. The molecule has 4 rings (SSSR count). The summed E-state index contributed by atoms with van der Waals surface area (Å²) in [5, 5.41) is 0. The Morgan fingerprint density at radius 2 is 2.09 bits per heavy atom. The number of piperazine rings is 1. The average molecular weight is 302 g/mol. The van der Waals surface area contributed by atoms with Crippen LogP contribution >= 0.6 is 0 Å². The summed E-state index contributed by atoms with van der Waals surface area (Å²) in [7, 11) is 0. The number of hydrogen-bond acceptors (Lipinski definition) is 5. The first-order valence-corrected chi connectivity index (χ1v) is 8.61. The van der Waals surface area contributed by atoms with Gasteiger partial charge in [-0.05, 0) is 20.3 Å². The Morgan fingerprint density at radius 3 is 2.82 bits per heavy atom. The van der Waals surface area contributed by atoms with Crippen LogP contribution in [0.25, 0.3) is 0 Å². The molecular weight excluding hydrogens is 276 g/mol. The molecule has 0 N–H and O–H groups in total. The number of hydrogen-bond donors (Lipinski definition) is 0. The standard InChI is InChI=1S/C17H26N4O/c1-13(2)20-7-8-21-14(12-20)4-9-22-16-10-15(11-18-17(16)21)19-5-3-6-19/h10-11,13-14H,3-9,12H2,1-2H3/t14-/m0/s1. The maximum Gasteiger partial charge on any atom is 0.171 e. The summed E-state index contributed by atoms with van der Waals surface area (Å²) in [5.74, 6) is 2.03. The van der Waals surface area contributed by atoms with Crippen molar-refractivity contribution in [3.8, 4) is 5.75 Å². The Labute approximate surface area is 132 Å². The van der Waals surface area contributed by atoms with Gasteiger partial charge in [-0.3, -0.25) is 4.90 Å². The molecule has 1 aromatic rings. The number of pyridine rings is 1. The smallest absolute Gasteiger partial charge is 0.171 e. The highest BCUT2D eigenvalue weighted by atomic mass is 16.5. The van der Waals surface area contributed by atoms with Gasteiger partial charge in [0.2, 0.25) is 0 Å². The highest BCUT2D eigenvalue weighted by Crippen LogP contribution is 2.36. The Hall–Kier alpha value is -1.49. The number of ether oxygens (including phenoxy) is 1. The van der Waals surface area contributed by atoms with Gasteiger partial charge in [0, 0.05) is 57.3 Å². The molecular formula is C17H26N4O. The van der Waals surface area contributed by atoms with Crippen LogP contribution in [0.15, 0.2) is 12.3 Å². The van der Waals surface area contributed by atoms with E-state index in [-0.39, 0.29) is 0 Å². The molecule has 120 valence electrons. The molecule has 0 aliphatic carbocycles. The van der Waals surface area contributed by atoms with Gasteiger partial charge in [-0.25, -0.2) is 4.98 Å². The molecule has 5 heteroatoms. The molecule has 0 aromatic carbocycles. The van der Waals surface area contributed by atoms with Gasteiger partial charge in [-0.15, -0.1) is 0 Å². The van der Waals surface area contributed by atoms with Crippen molar-refractivity contribution in [2.45, 2.75) is 38.8 Å². The zero-order chi connectivity index (χ0) is 15.1. The van der Waals surface area contributed by atoms with E-state index in [0.29, 0.717) is 12.1 Å². The molecule has 2 fully saturated rings. The maximum atomic E-state index is 6.05. The molecule has 22 heavy (non-hydrogen) atoms. The summed E-state index contributed by atoms with van der Waals surface area (Å²) in [4.78, 5) is 12.2. The van der Waals surface area contributed by atoms with Crippen molar-refractivity contribution < 1.29 is 4.74 Å². The maximum absolute atomic E-state index is 6.05. The lowest BCUT2D eigenvalue weighted by Crippen LogP contribution is -2.55. The second-order valence-electron chi connectivity index (χ2n) is 6.93. The van der Waals surface area contributed by atoms with Gasteiger partial charge in [0.1, 0.15) is 0 Å². The summed E-state index contributed by atoms with van der Waals surface area (Å²) >= 11 is 0. The van der Waals surface area contributed by atoms with Crippen LogP contribution < -0.4 is 14.5 Å². The van der Waals surface area contributed by atoms with Crippen LogP contribution in [0.4, 0.5) is 11.5 Å². The van der Waals surface area contributed by atoms with Crippen molar-refractivity contribution in [1.82, 2.24) is 9.88 Å². The van der Waals surface area contributed by atoms with E-state index in [4.69, 9.17) is 9.72 Å². The molecule has 0 bridgehead atoms. The quantitative estimate of drug-likeness (QED) is 0.834. The van der Waals surface area contributed by atoms with Gasteiger partial charge in [-0.1, -0.05) is 0 Å². The van der Waals surface area contributed by atoms with Crippen molar-refractivity contribution in [2.75, 3.05) is 49.1 Å². The number of rotatable bonds is 2. The highest BCUT2D eigenvalue weighted by molar-refractivity contribution is 5.62. The Kier molecular flexibility index (Phi) is 3.60. The molecule has 4 heterocycles. The van der Waals surface area contributed by atoms with Crippen LogP contribution in [0.2, 0.25) is 0 Å². The van der Waals surface area contributed by atoms with E-state index in [1.54, 1.807) is 0 Å². The number of anilines is 2. The molecule has 0 radical (unpaired) electrons. The normalized spacial score (nSPS) is 25.1. The van der Waals surface area contributed by atoms with Crippen molar-refractivity contribution in [2.24, 2.45) is 0 Å². The molecule has 0 spiro atoms. The van der Waals surface area contributed by atoms with Crippen LogP contribution in [-0.4, -0.2) is 61.3 Å². The minimum Gasteiger partial charge on any atom is -0.490 e. The van der Waals surface area contributed by atoms with Gasteiger partial charge in [0.25, 0.3) is 0 Å². The minimum absolute atomic E-state index is 0.528. The zero-order valence-electron chi connectivity index (χ0n) is 13.7. The van der Waals surface area contributed by atoms with E-state index in [1.807, 2.05) is 6.20 Å². The van der Waals surface area contributed by atoms with E-state index < -0.39 is 0 Å². The molecule has 0 amide bonds. The van der Waals surface area contributed by atoms with Gasteiger partial charge >= 0.3 is 0 Å². The third-order valence-electron chi connectivity index (χ3n) is 5.26. The third kappa shape index (κ3) is 2.41. The van der Waals surface area contributed by atoms with Gasteiger partial charge in [0.05, 0.1) is 18.5 Å². The zero-order valence-corrected chi connectivity index (χ0v) is 13.7. The van der Waals surface area contributed by atoms with E-state index in [1.165, 1.54) is 12.1 Å². The van der Waals surface area contributed by atoms with Crippen LogP contribution in [0.5, 0.6) is 5.75 Å². The third-order valence-corrected chi connectivity index (χ3v) is 5.26. The summed E-state index contributed by atoms with van der Waals surface area (Å²) in [6.45, 7) is 11.0. The summed E-state index contributed by atoms with van der Waals surface area (Å²) in [6, 6.07) is 3.34. The second-order valence-corrected chi connectivity index (χ2v) is 6.93. The Bertz CT molecular complexity index is 543. The van der Waals surface area contributed by atoms with Crippen LogP contribution in [0, 0.1) is 0 Å². The van der Waals surface area contributed by atoms with Crippen molar-refractivity contribution in [3.63, 3.8) is 0 Å². The monoisotopic (exact) mass is 302 g/mol. The van der Waals surface area contributed by atoms with Crippen LogP contribution in [0.1, 0.15) is 26.7 Å². The Balaban J connectivity index is 1.59. The van der Waals surface area contributed by atoms with Gasteiger partial charge in [-0.2, -0.15) is 0 Å². The number of aromatic nitrogens is 1. The molecule has 3 aliphatic heterocycles. The molecule has 2 saturated heterocycles. The van der Waals surface area contributed by atoms with Gasteiger partial charge in [0.15, 0.2) is 11.6 Å². The summed E-state index contributed by atoms with van der Waals surface area (Å²) in [5.41, 5.74) is 1.21. The van der Waals surface area contributed by atoms with Crippen molar-refractivity contribution >= 4 is 11.5 Å². The van der Waals surface area contributed by atoms with E-state index in [0.717, 1.165) is 57.3 Å². The first kappa shape index (κ1) is 14.1. The molecule has 0 unspecified atom stereocenters. The minimum atomic E-state index is 0.528. The van der Waals surface area contributed by atoms with E-state index >= 15 is 0 Å². The first-order chi connectivity index (χ1) is 10.7. The fourth-order valence-corrected chi connectivity index (χ4v) is 3.68. The first-order valence-electron chi connectivity index (χ1n) is 8.61. The molecule has 3 aliphatic rings. The second kappa shape index (κ2) is 5.61. The molecule has 1 aromatic heterocycles. The summed E-state index contributed by atoms with van der Waals surface area (Å²) < 4.78 is 6.05. The lowest BCUT2D eigenvalue weighted by Gasteiger charge is -2.43. The number of fused-ring (bicyclic) bond motifs is 3. The Morgan fingerprint density at radius 1 is 1.23 bits per heavy atom. The largest absolute Gasteiger partial charge is 0.490 e. The predicted molar refractivity (Wildman–Crippen MR) is 89.0 cm³/mol. The van der Waals surface area contributed by atoms with Crippen molar-refractivity contribution in [1.29, 1.82) is 0 Å². The van der Waals surface area contributed by atoms with Crippen molar-refractivity contribution in [3.05, 3.63) is 12.3 Å². The molecule has 1 atom stereocenters. The fraction of sp³-hybridized carbons (Fsp3) is 0.706. The van der Waals surface area contributed by atoms with Gasteiger partial charge < -0.3 is 14.5 Å². The average Bonchev–Trinajstić information content (AvgIpc) is 2.63.